The minimum atomic E-state index is -0.140. The average molecular weight is 333 g/mol. The summed E-state index contributed by atoms with van der Waals surface area (Å²) in [7, 11) is 0. The molecule has 1 heterocycles. The second-order valence-electron chi connectivity index (χ2n) is 6.23. The maximum Gasteiger partial charge on any atom is 0.316 e. The Morgan fingerprint density at radius 2 is 2.04 bits per heavy atom. The van der Waals surface area contributed by atoms with Crippen molar-refractivity contribution in [2.24, 2.45) is 0 Å². The Labute approximate surface area is 143 Å². The molecule has 1 fully saturated rings. The maximum atomic E-state index is 11.9. The average Bonchev–Trinajstić information content (AvgIpc) is 2.55. The number of hydrogen-bond donors (Lipinski definition) is 4. The molecule has 1 aromatic heterocycles. The Kier molecular flexibility index (Phi) is 6.99. The lowest BCUT2D eigenvalue weighted by atomic mass is 9.96. The molecule has 3 amide bonds. The number of urea groups is 1. The maximum absolute atomic E-state index is 11.9. The molecule has 0 aliphatic heterocycles. The lowest BCUT2D eigenvalue weighted by Crippen LogP contribution is -2.46. The number of anilines is 1. The summed E-state index contributed by atoms with van der Waals surface area (Å²) in [6.07, 6.45) is 9.08. The molecule has 0 radical (unpaired) electrons. The van der Waals surface area contributed by atoms with Crippen molar-refractivity contribution in [3.05, 3.63) is 24.0 Å². The Balaban J connectivity index is 1.77. The van der Waals surface area contributed by atoms with Gasteiger partial charge in [-0.05, 0) is 31.4 Å². The molecular weight excluding hydrogens is 306 g/mol. The highest BCUT2D eigenvalue weighted by Gasteiger charge is 2.16. The number of aromatic nitrogens is 1. The van der Waals surface area contributed by atoms with Gasteiger partial charge < -0.3 is 16.0 Å². The molecular formula is C17H27N5O2. The number of hydrogen-bond acceptors (Lipinski definition) is 4. The summed E-state index contributed by atoms with van der Waals surface area (Å²) in [5.74, 6) is -0.138. The Morgan fingerprint density at radius 3 is 2.75 bits per heavy atom. The van der Waals surface area contributed by atoms with Crippen molar-refractivity contribution in [2.45, 2.75) is 58.0 Å². The molecule has 0 saturated heterocycles. The molecule has 7 heteroatoms. The van der Waals surface area contributed by atoms with Crippen molar-refractivity contribution in [1.82, 2.24) is 20.9 Å². The summed E-state index contributed by atoms with van der Waals surface area (Å²) in [5.41, 5.74) is 1.60. The van der Waals surface area contributed by atoms with Crippen LogP contribution in [0, 0.1) is 0 Å². The van der Waals surface area contributed by atoms with Crippen molar-refractivity contribution >= 4 is 17.6 Å². The van der Waals surface area contributed by atoms with Crippen LogP contribution in [0.15, 0.2) is 18.5 Å². The Morgan fingerprint density at radius 1 is 1.29 bits per heavy atom. The largest absolute Gasteiger partial charge is 0.335 e. The van der Waals surface area contributed by atoms with Gasteiger partial charge in [0.25, 0.3) is 0 Å². The quantitative estimate of drug-likeness (QED) is 0.601. The van der Waals surface area contributed by atoms with E-state index in [9.17, 15) is 9.59 Å². The predicted octanol–water partition coefficient (Wildman–Crippen LogP) is 2.28. The lowest BCUT2D eigenvalue weighted by molar-refractivity contribution is -0.114. The van der Waals surface area contributed by atoms with Crippen molar-refractivity contribution in [1.29, 1.82) is 0 Å². The van der Waals surface area contributed by atoms with Crippen LogP contribution in [0.1, 0.15) is 57.6 Å². The third-order valence-electron chi connectivity index (χ3n) is 4.23. The van der Waals surface area contributed by atoms with E-state index in [0.717, 1.165) is 18.4 Å². The summed E-state index contributed by atoms with van der Waals surface area (Å²) in [5, 5.41) is 11.8. The molecule has 4 N–H and O–H groups in total. The van der Waals surface area contributed by atoms with Gasteiger partial charge in [-0.2, -0.15) is 0 Å². The fraction of sp³-hybridized carbons (Fsp3) is 0.588. The van der Waals surface area contributed by atoms with Crippen molar-refractivity contribution in [2.75, 3.05) is 12.0 Å². The van der Waals surface area contributed by atoms with Crippen LogP contribution in [0.4, 0.5) is 10.5 Å². The van der Waals surface area contributed by atoms with Gasteiger partial charge in [-0.15, -0.1) is 0 Å². The molecule has 132 valence electrons. The number of pyridine rings is 1. The van der Waals surface area contributed by atoms with Gasteiger partial charge in [0.2, 0.25) is 5.91 Å². The van der Waals surface area contributed by atoms with Gasteiger partial charge >= 0.3 is 6.03 Å². The molecule has 1 aromatic rings. The molecule has 1 aliphatic carbocycles. The lowest BCUT2D eigenvalue weighted by Gasteiger charge is -2.23. The summed E-state index contributed by atoms with van der Waals surface area (Å²) in [4.78, 5) is 27.2. The Bertz CT molecular complexity index is 558. The first-order chi connectivity index (χ1) is 11.6. The van der Waals surface area contributed by atoms with Crippen LogP contribution >= 0.6 is 0 Å². The molecule has 0 spiro atoms. The second-order valence-corrected chi connectivity index (χ2v) is 6.23. The number of nitrogens with one attached hydrogen (secondary N) is 4. The molecule has 0 bridgehead atoms. The smallest absolute Gasteiger partial charge is 0.316 e. The third kappa shape index (κ3) is 5.81. The predicted molar refractivity (Wildman–Crippen MR) is 93.5 cm³/mol. The first-order valence-electron chi connectivity index (χ1n) is 8.55. The third-order valence-corrected chi connectivity index (χ3v) is 4.23. The molecule has 1 atom stereocenters. The standard InChI is InChI=1S/C17H27N5O2/c1-12(15-8-9-18-10-16(15)21-13(2)23)19-11-20-17(24)22-14-6-4-3-5-7-14/h8-10,12,14,19H,3-7,11H2,1-2H3,(H,21,23)(H2,20,22,24). The summed E-state index contributed by atoms with van der Waals surface area (Å²) in [6, 6.07) is 1.97. The van der Waals surface area contributed by atoms with Crippen molar-refractivity contribution in [3.63, 3.8) is 0 Å². The fourth-order valence-electron chi connectivity index (χ4n) is 2.95. The fourth-order valence-corrected chi connectivity index (χ4v) is 2.95. The first-order valence-corrected chi connectivity index (χ1v) is 8.55. The van der Waals surface area contributed by atoms with E-state index in [0.29, 0.717) is 18.4 Å². The van der Waals surface area contributed by atoms with Gasteiger partial charge in [-0.3, -0.25) is 15.1 Å². The molecule has 2 rings (SSSR count). The summed E-state index contributed by atoms with van der Waals surface area (Å²) in [6.45, 7) is 3.79. The van der Waals surface area contributed by atoms with Crippen molar-refractivity contribution < 1.29 is 9.59 Å². The van der Waals surface area contributed by atoms with Crippen LogP contribution in [0.3, 0.4) is 0 Å². The number of nitrogens with zero attached hydrogens (tertiary/aromatic N) is 1. The number of rotatable bonds is 6. The normalized spacial score (nSPS) is 16.2. The molecule has 1 saturated carbocycles. The SMILES string of the molecule is CC(=O)Nc1cnccc1C(C)NCNC(=O)NC1CCCCC1. The van der Waals surface area contributed by atoms with E-state index >= 15 is 0 Å². The van der Waals surface area contributed by atoms with Crippen molar-refractivity contribution in [3.8, 4) is 0 Å². The van der Waals surface area contributed by atoms with Gasteiger partial charge in [0.1, 0.15) is 0 Å². The van der Waals surface area contributed by atoms with Crippen LogP contribution < -0.4 is 21.3 Å². The van der Waals surface area contributed by atoms with Gasteiger partial charge in [0, 0.05) is 25.2 Å². The summed E-state index contributed by atoms with van der Waals surface area (Å²) < 4.78 is 0. The topological polar surface area (TPSA) is 95.2 Å². The van der Waals surface area contributed by atoms with E-state index in [4.69, 9.17) is 0 Å². The van der Waals surface area contributed by atoms with E-state index < -0.39 is 0 Å². The van der Waals surface area contributed by atoms with Crippen LogP contribution in [0.5, 0.6) is 0 Å². The van der Waals surface area contributed by atoms with Gasteiger partial charge in [-0.1, -0.05) is 19.3 Å². The van der Waals surface area contributed by atoms with E-state index in [2.05, 4.69) is 26.3 Å². The van der Waals surface area contributed by atoms with Gasteiger partial charge in [-0.25, -0.2) is 4.79 Å². The second kappa shape index (κ2) is 9.22. The highest BCUT2D eigenvalue weighted by molar-refractivity contribution is 5.89. The Hall–Kier alpha value is -2.15. The number of amides is 3. The van der Waals surface area contributed by atoms with E-state index in [1.54, 1.807) is 12.4 Å². The highest BCUT2D eigenvalue weighted by atomic mass is 16.2. The monoisotopic (exact) mass is 333 g/mol. The number of carbonyl (C=O) groups is 2. The zero-order chi connectivity index (χ0) is 17.4. The van der Waals surface area contributed by atoms with E-state index in [1.807, 2.05) is 13.0 Å². The molecule has 7 nitrogen and oxygen atoms in total. The zero-order valence-electron chi connectivity index (χ0n) is 14.4. The van der Waals surface area contributed by atoms with Crippen LogP contribution in [0.25, 0.3) is 0 Å². The van der Waals surface area contributed by atoms with E-state index in [-0.39, 0.29) is 18.0 Å². The molecule has 0 aromatic carbocycles. The van der Waals surface area contributed by atoms with Crippen LogP contribution in [0.2, 0.25) is 0 Å². The zero-order valence-corrected chi connectivity index (χ0v) is 14.4. The van der Waals surface area contributed by atoms with Gasteiger partial charge in [0.05, 0.1) is 18.6 Å². The van der Waals surface area contributed by atoms with Crippen LogP contribution in [-0.4, -0.2) is 29.6 Å². The van der Waals surface area contributed by atoms with Crippen LogP contribution in [-0.2, 0) is 4.79 Å². The molecule has 1 aliphatic rings. The minimum absolute atomic E-state index is 0.0372. The number of carbonyl (C=O) groups excluding carboxylic acids is 2. The van der Waals surface area contributed by atoms with E-state index in [1.165, 1.54) is 26.2 Å². The first kappa shape index (κ1) is 18.2. The molecule has 1 unspecified atom stereocenters. The van der Waals surface area contributed by atoms with Gasteiger partial charge in [0.15, 0.2) is 0 Å². The molecule has 24 heavy (non-hydrogen) atoms. The minimum Gasteiger partial charge on any atom is -0.335 e. The summed E-state index contributed by atoms with van der Waals surface area (Å²) >= 11 is 0. The highest BCUT2D eigenvalue weighted by Crippen LogP contribution is 2.21.